The minimum Gasteiger partial charge on any atom is -0.290 e. The zero-order valence-electron chi connectivity index (χ0n) is 10.3. The predicted molar refractivity (Wildman–Crippen MR) is 67.3 cm³/mol. The molecule has 3 rings (SSSR count). The highest BCUT2D eigenvalue weighted by molar-refractivity contribution is 5.97. The van der Waals surface area contributed by atoms with Crippen molar-refractivity contribution in [2.45, 2.75) is 25.8 Å². The number of nitrogens with zero attached hydrogens (tertiary/aromatic N) is 3. The first-order chi connectivity index (χ1) is 8.81. The molecule has 2 aromatic rings. The molecule has 0 amide bonds. The van der Waals surface area contributed by atoms with Crippen LogP contribution >= 0.6 is 0 Å². The van der Waals surface area contributed by atoms with Crippen molar-refractivity contribution in [2.75, 3.05) is 0 Å². The summed E-state index contributed by atoms with van der Waals surface area (Å²) in [5.41, 5.74) is 1.25. The molecule has 18 heavy (non-hydrogen) atoms. The van der Waals surface area contributed by atoms with Gasteiger partial charge in [0, 0.05) is 12.5 Å². The highest BCUT2D eigenvalue weighted by atomic mass is 16.1. The Morgan fingerprint density at radius 3 is 2.89 bits per heavy atom. The normalized spacial score (nSPS) is 21.8. The van der Waals surface area contributed by atoms with Crippen molar-refractivity contribution in [1.82, 2.24) is 14.8 Å². The summed E-state index contributed by atoms with van der Waals surface area (Å²) in [7, 11) is 0. The van der Waals surface area contributed by atoms with Crippen LogP contribution in [0.3, 0.4) is 0 Å². The van der Waals surface area contributed by atoms with E-state index in [1.54, 1.807) is 4.68 Å². The van der Waals surface area contributed by atoms with Crippen molar-refractivity contribution < 1.29 is 4.79 Å². The molecule has 0 N–H and O–H groups in total. The molecule has 0 aliphatic heterocycles. The van der Waals surface area contributed by atoms with Gasteiger partial charge in [-0.1, -0.05) is 30.3 Å². The molecule has 1 aromatic carbocycles. The Balaban J connectivity index is 1.77. The Hall–Kier alpha value is -1.97. The topological polar surface area (TPSA) is 47.8 Å². The van der Waals surface area contributed by atoms with Crippen molar-refractivity contribution >= 4 is 5.78 Å². The molecule has 1 heterocycles. The predicted octanol–water partition coefficient (Wildman–Crippen LogP) is 2.28. The second kappa shape index (κ2) is 4.37. The first kappa shape index (κ1) is 11.1. The van der Waals surface area contributed by atoms with Crippen LogP contribution < -0.4 is 0 Å². The second-order valence-corrected chi connectivity index (χ2v) is 4.62. The van der Waals surface area contributed by atoms with Crippen molar-refractivity contribution in [3.05, 3.63) is 48.0 Å². The van der Waals surface area contributed by atoms with Crippen LogP contribution in [0.1, 0.15) is 35.4 Å². The summed E-state index contributed by atoms with van der Waals surface area (Å²) in [4.78, 5) is 16.4. The molecule has 1 saturated carbocycles. The fourth-order valence-electron chi connectivity index (χ4n) is 2.41. The Kier molecular flexibility index (Phi) is 2.70. The summed E-state index contributed by atoms with van der Waals surface area (Å²) in [6, 6.07) is 10.2. The van der Waals surface area contributed by atoms with Gasteiger partial charge in [-0.3, -0.25) is 4.79 Å². The SMILES string of the molecule is CCn1ncnc1C(=O)C1CC1c1ccccc1. The van der Waals surface area contributed by atoms with E-state index in [4.69, 9.17) is 0 Å². The lowest BCUT2D eigenvalue weighted by atomic mass is 10.1. The van der Waals surface area contributed by atoms with Gasteiger partial charge in [0.2, 0.25) is 5.78 Å². The smallest absolute Gasteiger partial charge is 0.203 e. The summed E-state index contributed by atoms with van der Waals surface area (Å²) in [5, 5.41) is 4.05. The maximum absolute atomic E-state index is 12.3. The lowest BCUT2D eigenvalue weighted by Crippen LogP contribution is -2.13. The maximum atomic E-state index is 12.3. The molecule has 1 aliphatic rings. The van der Waals surface area contributed by atoms with E-state index in [2.05, 4.69) is 22.2 Å². The minimum absolute atomic E-state index is 0.0851. The number of Topliss-reactive ketones (excluding diaryl/α,β-unsaturated/α-hetero) is 1. The van der Waals surface area contributed by atoms with E-state index in [0.29, 0.717) is 18.3 Å². The van der Waals surface area contributed by atoms with Crippen LogP contribution in [0.25, 0.3) is 0 Å². The Bertz CT molecular complexity index is 561. The van der Waals surface area contributed by atoms with Gasteiger partial charge in [-0.15, -0.1) is 0 Å². The fourth-order valence-corrected chi connectivity index (χ4v) is 2.41. The summed E-state index contributed by atoms with van der Waals surface area (Å²) < 4.78 is 1.67. The van der Waals surface area contributed by atoms with Crippen LogP contribution in [0.5, 0.6) is 0 Å². The third kappa shape index (κ3) is 1.83. The summed E-state index contributed by atoms with van der Waals surface area (Å²) in [6.07, 6.45) is 2.38. The second-order valence-electron chi connectivity index (χ2n) is 4.62. The summed E-state index contributed by atoms with van der Waals surface area (Å²) >= 11 is 0. The lowest BCUT2D eigenvalue weighted by Gasteiger charge is -2.02. The molecule has 0 saturated heterocycles. The molecule has 2 atom stereocenters. The molecule has 4 heteroatoms. The van der Waals surface area contributed by atoms with E-state index in [1.165, 1.54) is 11.9 Å². The van der Waals surface area contributed by atoms with Crippen LogP contribution in [0.2, 0.25) is 0 Å². The van der Waals surface area contributed by atoms with Gasteiger partial charge in [0.25, 0.3) is 0 Å². The Morgan fingerprint density at radius 1 is 1.39 bits per heavy atom. The van der Waals surface area contributed by atoms with Gasteiger partial charge in [0.1, 0.15) is 6.33 Å². The molecule has 0 radical (unpaired) electrons. The van der Waals surface area contributed by atoms with Crippen LogP contribution in [-0.4, -0.2) is 20.5 Å². The number of carbonyl (C=O) groups is 1. The Morgan fingerprint density at radius 2 is 2.17 bits per heavy atom. The average molecular weight is 241 g/mol. The highest BCUT2D eigenvalue weighted by Crippen LogP contribution is 2.48. The van der Waals surface area contributed by atoms with E-state index < -0.39 is 0 Å². The number of carbonyl (C=O) groups excluding carboxylic acids is 1. The van der Waals surface area contributed by atoms with Gasteiger partial charge in [-0.05, 0) is 24.8 Å². The van der Waals surface area contributed by atoms with Crippen molar-refractivity contribution in [3.8, 4) is 0 Å². The number of benzene rings is 1. The van der Waals surface area contributed by atoms with Crippen LogP contribution in [0, 0.1) is 5.92 Å². The molecule has 2 unspecified atom stereocenters. The zero-order chi connectivity index (χ0) is 12.5. The monoisotopic (exact) mass is 241 g/mol. The van der Waals surface area contributed by atoms with Crippen LogP contribution in [0.4, 0.5) is 0 Å². The van der Waals surface area contributed by atoms with Gasteiger partial charge in [0.05, 0.1) is 0 Å². The largest absolute Gasteiger partial charge is 0.290 e. The van der Waals surface area contributed by atoms with E-state index in [-0.39, 0.29) is 11.7 Å². The Labute approximate surface area is 106 Å². The first-order valence-electron chi connectivity index (χ1n) is 6.28. The summed E-state index contributed by atoms with van der Waals surface area (Å²) in [5.74, 6) is 1.08. The van der Waals surface area contributed by atoms with Gasteiger partial charge in [-0.25, -0.2) is 9.67 Å². The van der Waals surface area contributed by atoms with Gasteiger partial charge in [-0.2, -0.15) is 5.10 Å². The van der Waals surface area contributed by atoms with Gasteiger partial charge >= 0.3 is 0 Å². The first-order valence-corrected chi connectivity index (χ1v) is 6.28. The number of ketones is 1. The maximum Gasteiger partial charge on any atom is 0.203 e. The molecule has 0 bridgehead atoms. The van der Waals surface area contributed by atoms with E-state index in [9.17, 15) is 4.79 Å². The van der Waals surface area contributed by atoms with Crippen molar-refractivity contribution in [2.24, 2.45) is 5.92 Å². The zero-order valence-corrected chi connectivity index (χ0v) is 10.3. The lowest BCUT2D eigenvalue weighted by molar-refractivity contribution is 0.0949. The molecular weight excluding hydrogens is 226 g/mol. The number of rotatable bonds is 4. The third-order valence-corrected chi connectivity index (χ3v) is 3.49. The number of hydrogen-bond acceptors (Lipinski definition) is 3. The third-order valence-electron chi connectivity index (χ3n) is 3.49. The molecule has 4 nitrogen and oxygen atoms in total. The molecule has 1 aliphatic carbocycles. The average Bonchev–Trinajstić information content (AvgIpc) is 3.08. The standard InChI is InChI=1S/C14H15N3O/c1-2-17-14(15-9-16-17)13(18)12-8-11(12)10-6-4-3-5-7-10/h3-7,9,11-12H,2,8H2,1H3. The van der Waals surface area contributed by atoms with Gasteiger partial charge < -0.3 is 0 Å². The van der Waals surface area contributed by atoms with Crippen LogP contribution in [-0.2, 0) is 6.54 Å². The number of aryl methyl sites for hydroxylation is 1. The quantitative estimate of drug-likeness (QED) is 0.771. The van der Waals surface area contributed by atoms with E-state index in [1.807, 2.05) is 25.1 Å². The fraction of sp³-hybridized carbons (Fsp3) is 0.357. The van der Waals surface area contributed by atoms with E-state index in [0.717, 1.165) is 6.42 Å². The molecule has 1 aromatic heterocycles. The number of hydrogen-bond donors (Lipinski definition) is 0. The molecule has 0 spiro atoms. The van der Waals surface area contributed by atoms with Gasteiger partial charge in [0.15, 0.2) is 5.82 Å². The molecular formula is C14H15N3O. The van der Waals surface area contributed by atoms with Crippen molar-refractivity contribution in [1.29, 1.82) is 0 Å². The highest BCUT2D eigenvalue weighted by Gasteiger charge is 2.45. The van der Waals surface area contributed by atoms with Crippen LogP contribution in [0.15, 0.2) is 36.7 Å². The molecule has 92 valence electrons. The summed E-state index contributed by atoms with van der Waals surface area (Å²) in [6.45, 7) is 2.65. The minimum atomic E-state index is 0.0851. The number of aromatic nitrogens is 3. The molecule has 1 fully saturated rings. The van der Waals surface area contributed by atoms with E-state index >= 15 is 0 Å². The van der Waals surface area contributed by atoms with Crippen molar-refractivity contribution in [3.63, 3.8) is 0 Å².